The molecule has 3 rings (SSSR count). The van der Waals surface area contributed by atoms with Crippen molar-refractivity contribution in [3.05, 3.63) is 65.1 Å². The monoisotopic (exact) mass is 496 g/mol. The highest BCUT2D eigenvalue weighted by atomic mass is 79.9. The molecule has 0 amide bonds. The molecule has 1 aliphatic heterocycles. The number of ether oxygens (including phenoxy) is 1. The number of thiocarbonyl (C=S) groups is 1. The van der Waals surface area contributed by atoms with E-state index in [-0.39, 0.29) is 4.90 Å². The summed E-state index contributed by atoms with van der Waals surface area (Å²) in [5, 5.41) is 3.32. The van der Waals surface area contributed by atoms with E-state index in [0.29, 0.717) is 42.8 Å². The van der Waals surface area contributed by atoms with E-state index in [4.69, 9.17) is 17.0 Å². The number of anilines is 1. The number of sulfonamides is 1. The Bertz CT molecular complexity index is 991. The molecule has 2 aromatic rings. The van der Waals surface area contributed by atoms with Gasteiger partial charge >= 0.3 is 0 Å². The van der Waals surface area contributed by atoms with Gasteiger partial charge in [-0.25, -0.2) is 8.42 Å². The average molecular weight is 497 g/mol. The van der Waals surface area contributed by atoms with Crippen LogP contribution in [-0.2, 0) is 14.8 Å². The van der Waals surface area contributed by atoms with Crippen LogP contribution in [0.5, 0.6) is 0 Å². The summed E-state index contributed by atoms with van der Waals surface area (Å²) in [5.41, 5.74) is 8.02. The van der Waals surface area contributed by atoms with Gasteiger partial charge in [0.1, 0.15) is 0 Å². The SMILES string of the molecule is C=C(NNC(=S)Nc1ccc(S(=O)(=O)N2CCOCC2)cc1)c1ccccc1Br. The fraction of sp³-hybridized carbons (Fsp3) is 0.211. The molecule has 0 saturated carbocycles. The van der Waals surface area contributed by atoms with Gasteiger partial charge in [0.15, 0.2) is 5.11 Å². The summed E-state index contributed by atoms with van der Waals surface area (Å²) in [4.78, 5) is 0.240. The number of halogens is 1. The molecule has 3 N–H and O–H groups in total. The van der Waals surface area contributed by atoms with Gasteiger partial charge < -0.3 is 10.1 Å². The number of hydrogen-bond donors (Lipinski definition) is 3. The Morgan fingerprint density at radius 2 is 1.72 bits per heavy atom. The van der Waals surface area contributed by atoms with Gasteiger partial charge in [-0.05, 0) is 42.5 Å². The van der Waals surface area contributed by atoms with Crippen LogP contribution in [0.3, 0.4) is 0 Å². The van der Waals surface area contributed by atoms with Crippen molar-refractivity contribution in [2.75, 3.05) is 31.6 Å². The maximum Gasteiger partial charge on any atom is 0.243 e. The minimum absolute atomic E-state index is 0.240. The van der Waals surface area contributed by atoms with Crippen LogP contribution < -0.4 is 16.2 Å². The highest BCUT2D eigenvalue weighted by molar-refractivity contribution is 9.10. The summed E-state index contributed by atoms with van der Waals surface area (Å²) in [6.45, 7) is 5.53. The summed E-state index contributed by atoms with van der Waals surface area (Å²) in [6, 6.07) is 14.1. The lowest BCUT2D eigenvalue weighted by Gasteiger charge is -2.26. The minimum atomic E-state index is -3.51. The van der Waals surface area contributed by atoms with E-state index in [1.54, 1.807) is 24.3 Å². The van der Waals surface area contributed by atoms with Gasteiger partial charge in [0.25, 0.3) is 0 Å². The van der Waals surface area contributed by atoms with Crippen molar-refractivity contribution in [3.8, 4) is 0 Å². The first-order chi connectivity index (χ1) is 13.9. The van der Waals surface area contributed by atoms with E-state index in [2.05, 4.69) is 38.7 Å². The molecular weight excluding hydrogens is 476 g/mol. The Morgan fingerprint density at radius 3 is 2.38 bits per heavy atom. The van der Waals surface area contributed by atoms with Gasteiger partial charge in [-0.1, -0.05) is 40.7 Å². The molecular formula is C19H21BrN4O3S2. The van der Waals surface area contributed by atoms with Crippen molar-refractivity contribution >= 4 is 54.7 Å². The number of nitrogens with zero attached hydrogens (tertiary/aromatic N) is 1. The zero-order valence-corrected chi connectivity index (χ0v) is 18.7. The van der Waals surface area contributed by atoms with Crippen molar-refractivity contribution in [2.24, 2.45) is 0 Å². The normalized spacial score (nSPS) is 14.8. The van der Waals surface area contributed by atoms with Gasteiger partial charge in [-0.15, -0.1) is 0 Å². The van der Waals surface area contributed by atoms with Crippen LogP contribution in [0.2, 0.25) is 0 Å². The molecule has 0 spiro atoms. The molecule has 1 saturated heterocycles. The maximum absolute atomic E-state index is 12.6. The van der Waals surface area contributed by atoms with E-state index >= 15 is 0 Å². The lowest BCUT2D eigenvalue weighted by atomic mass is 10.2. The van der Waals surface area contributed by atoms with Crippen molar-refractivity contribution in [1.82, 2.24) is 15.2 Å². The molecule has 1 heterocycles. The molecule has 0 aromatic heterocycles. The molecule has 2 aromatic carbocycles. The number of rotatable bonds is 6. The molecule has 7 nitrogen and oxygen atoms in total. The summed E-state index contributed by atoms with van der Waals surface area (Å²) in [7, 11) is -3.51. The summed E-state index contributed by atoms with van der Waals surface area (Å²) >= 11 is 8.74. The van der Waals surface area contributed by atoms with Gasteiger partial charge in [0.05, 0.1) is 23.8 Å². The second kappa shape index (κ2) is 9.68. The average Bonchev–Trinajstić information content (AvgIpc) is 2.73. The first kappa shape index (κ1) is 21.7. The third kappa shape index (κ3) is 5.55. The van der Waals surface area contributed by atoms with E-state index in [1.165, 1.54) is 4.31 Å². The first-order valence-corrected chi connectivity index (χ1v) is 11.5. The number of benzene rings is 2. The number of hydrogen-bond acceptors (Lipinski definition) is 5. The largest absolute Gasteiger partial charge is 0.379 e. The van der Waals surface area contributed by atoms with E-state index in [0.717, 1.165) is 10.0 Å². The third-order valence-corrected chi connectivity index (χ3v) is 7.05. The molecule has 0 aliphatic carbocycles. The topological polar surface area (TPSA) is 82.7 Å². The molecule has 29 heavy (non-hydrogen) atoms. The maximum atomic E-state index is 12.6. The van der Waals surface area contributed by atoms with Crippen LogP contribution in [0.4, 0.5) is 5.69 Å². The van der Waals surface area contributed by atoms with Crippen LogP contribution in [-0.4, -0.2) is 44.1 Å². The minimum Gasteiger partial charge on any atom is -0.379 e. The van der Waals surface area contributed by atoms with Crippen LogP contribution >= 0.6 is 28.1 Å². The Kier molecular flexibility index (Phi) is 7.25. The van der Waals surface area contributed by atoms with E-state index in [9.17, 15) is 8.42 Å². The fourth-order valence-corrected chi connectivity index (χ4v) is 4.82. The van der Waals surface area contributed by atoms with Crippen LogP contribution in [0.25, 0.3) is 5.70 Å². The molecule has 0 radical (unpaired) electrons. The fourth-order valence-electron chi connectivity index (χ4n) is 2.71. The molecule has 1 fully saturated rings. The lowest BCUT2D eigenvalue weighted by molar-refractivity contribution is 0.0730. The highest BCUT2D eigenvalue weighted by Crippen LogP contribution is 2.21. The van der Waals surface area contributed by atoms with E-state index in [1.807, 2.05) is 24.3 Å². The second-order valence-corrected chi connectivity index (χ2v) is 9.40. The van der Waals surface area contributed by atoms with Gasteiger partial charge in [-0.3, -0.25) is 10.9 Å². The van der Waals surface area contributed by atoms with Crippen LogP contribution in [0.1, 0.15) is 5.56 Å². The van der Waals surface area contributed by atoms with Gasteiger partial charge in [0.2, 0.25) is 10.0 Å². The summed E-state index contributed by atoms with van der Waals surface area (Å²) < 4.78 is 32.9. The third-order valence-electron chi connectivity index (χ3n) is 4.25. The molecule has 1 aliphatic rings. The first-order valence-electron chi connectivity index (χ1n) is 8.83. The molecule has 154 valence electrons. The van der Waals surface area contributed by atoms with E-state index < -0.39 is 10.0 Å². The Labute approximate surface area is 184 Å². The summed E-state index contributed by atoms with van der Waals surface area (Å²) in [5.74, 6) is 0. The van der Waals surface area contributed by atoms with Crippen molar-refractivity contribution < 1.29 is 13.2 Å². The number of morpholine rings is 1. The lowest BCUT2D eigenvalue weighted by Crippen LogP contribution is -2.40. The van der Waals surface area contributed by atoms with Crippen molar-refractivity contribution in [3.63, 3.8) is 0 Å². The quantitative estimate of drug-likeness (QED) is 0.418. The van der Waals surface area contributed by atoms with Crippen molar-refractivity contribution in [1.29, 1.82) is 0 Å². The van der Waals surface area contributed by atoms with Gasteiger partial charge in [0, 0.05) is 28.8 Å². The van der Waals surface area contributed by atoms with Crippen LogP contribution in [0, 0.1) is 0 Å². The second-order valence-electron chi connectivity index (χ2n) is 6.20. The van der Waals surface area contributed by atoms with Crippen LogP contribution in [0.15, 0.2) is 64.5 Å². The Balaban J connectivity index is 1.56. The zero-order valence-electron chi connectivity index (χ0n) is 15.5. The zero-order chi connectivity index (χ0) is 20.9. The predicted octanol–water partition coefficient (Wildman–Crippen LogP) is 2.93. The number of nitrogens with one attached hydrogen (secondary N) is 3. The standard InChI is InChI=1S/C19H21BrN4O3S2/c1-14(17-4-2-3-5-18(17)20)22-23-19(28)21-15-6-8-16(9-7-15)29(25,26)24-10-12-27-13-11-24/h2-9,22H,1,10-13H2,(H2,21,23,28). The predicted molar refractivity (Wildman–Crippen MR) is 122 cm³/mol. The number of hydrazine groups is 1. The van der Waals surface area contributed by atoms with Crippen molar-refractivity contribution in [2.45, 2.75) is 4.90 Å². The smallest absolute Gasteiger partial charge is 0.243 e. The highest BCUT2D eigenvalue weighted by Gasteiger charge is 2.26. The Morgan fingerprint density at radius 1 is 1.07 bits per heavy atom. The molecule has 0 unspecified atom stereocenters. The summed E-state index contributed by atoms with van der Waals surface area (Å²) in [6.07, 6.45) is 0. The van der Waals surface area contributed by atoms with Gasteiger partial charge in [-0.2, -0.15) is 4.31 Å². The Hall–Kier alpha value is -1.98. The molecule has 0 atom stereocenters. The molecule has 10 heteroatoms. The molecule has 0 bridgehead atoms.